The topological polar surface area (TPSA) is 54.5 Å². The van der Waals surface area contributed by atoms with Crippen LogP contribution in [-0.4, -0.2) is 36.1 Å². The minimum Gasteiger partial charge on any atom is -0.494 e. The number of nitrogens with zero attached hydrogens (tertiary/aromatic N) is 2. The van der Waals surface area contributed by atoms with Crippen LogP contribution in [-0.2, 0) is 0 Å². The number of anilines is 1. The van der Waals surface area contributed by atoms with Gasteiger partial charge in [-0.15, -0.1) is 11.3 Å². The molecule has 0 saturated heterocycles. The number of ether oxygens (including phenoxy) is 1. The van der Waals surface area contributed by atoms with Crippen molar-refractivity contribution in [1.82, 2.24) is 9.88 Å². The number of thiazole rings is 1. The molecule has 1 saturated carbocycles. The van der Waals surface area contributed by atoms with E-state index in [0.29, 0.717) is 12.5 Å². The van der Waals surface area contributed by atoms with Crippen LogP contribution in [0.15, 0.2) is 42.5 Å². The van der Waals surface area contributed by atoms with Crippen LogP contribution in [0.2, 0.25) is 0 Å². The highest BCUT2D eigenvalue weighted by Crippen LogP contribution is 2.33. The Kier molecular flexibility index (Phi) is 4.99. The number of hydrogen-bond donors (Lipinski definition) is 1. The van der Waals surface area contributed by atoms with Crippen LogP contribution in [0.5, 0.6) is 5.75 Å². The van der Waals surface area contributed by atoms with Crippen LogP contribution >= 0.6 is 11.3 Å². The average molecular weight is 382 g/mol. The van der Waals surface area contributed by atoms with Gasteiger partial charge >= 0.3 is 6.03 Å². The third kappa shape index (κ3) is 4.22. The van der Waals surface area contributed by atoms with Crippen LogP contribution < -0.4 is 10.1 Å². The molecular formula is C21H23N3O2S. The lowest BCUT2D eigenvalue weighted by Crippen LogP contribution is -2.32. The van der Waals surface area contributed by atoms with E-state index in [2.05, 4.69) is 5.32 Å². The fourth-order valence-corrected chi connectivity index (χ4v) is 3.97. The predicted molar refractivity (Wildman–Crippen MR) is 111 cm³/mol. The lowest BCUT2D eigenvalue weighted by Gasteiger charge is -2.17. The standard InChI is InChI=1S/C21H23N3O2S/c1-3-26-17-10-11-18-19(12-17)27-20(23-18)15-6-8-16(9-7-15)22-21(25)24(2)13-14-4-5-14/h6-12,14H,3-5,13H2,1-2H3,(H,22,25). The van der Waals surface area contributed by atoms with Gasteiger partial charge in [-0.2, -0.15) is 0 Å². The normalized spacial score (nSPS) is 13.6. The van der Waals surface area contributed by atoms with Gasteiger partial charge in [0.2, 0.25) is 0 Å². The molecule has 0 aliphatic heterocycles. The molecule has 1 heterocycles. The first-order valence-corrected chi connectivity index (χ1v) is 10.1. The second kappa shape index (κ2) is 7.56. The van der Waals surface area contributed by atoms with E-state index in [0.717, 1.165) is 38.8 Å². The van der Waals surface area contributed by atoms with Crippen molar-refractivity contribution in [3.63, 3.8) is 0 Å². The molecule has 2 amide bonds. The van der Waals surface area contributed by atoms with E-state index in [-0.39, 0.29) is 6.03 Å². The van der Waals surface area contributed by atoms with Crippen LogP contribution in [0.3, 0.4) is 0 Å². The smallest absolute Gasteiger partial charge is 0.321 e. The number of carbonyl (C=O) groups is 1. The minimum atomic E-state index is -0.0573. The Bertz CT molecular complexity index is 948. The Morgan fingerprint density at radius 2 is 2.04 bits per heavy atom. The van der Waals surface area contributed by atoms with E-state index in [1.807, 2.05) is 56.4 Å². The summed E-state index contributed by atoms with van der Waals surface area (Å²) in [4.78, 5) is 18.7. The molecule has 5 nitrogen and oxygen atoms in total. The van der Waals surface area contributed by atoms with Crippen LogP contribution in [0.4, 0.5) is 10.5 Å². The molecule has 0 unspecified atom stereocenters. The number of carbonyl (C=O) groups excluding carboxylic acids is 1. The molecule has 1 aliphatic carbocycles. The van der Waals surface area contributed by atoms with Crippen LogP contribution in [0.25, 0.3) is 20.8 Å². The highest BCUT2D eigenvalue weighted by atomic mass is 32.1. The summed E-state index contributed by atoms with van der Waals surface area (Å²) in [5.74, 6) is 1.55. The maximum atomic E-state index is 12.2. The van der Waals surface area contributed by atoms with E-state index < -0.39 is 0 Å². The SMILES string of the molecule is CCOc1ccc2nc(-c3ccc(NC(=O)N(C)CC4CC4)cc3)sc2c1. The van der Waals surface area contributed by atoms with Gasteiger partial charge in [-0.3, -0.25) is 0 Å². The number of benzene rings is 2. The molecule has 0 radical (unpaired) electrons. The summed E-state index contributed by atoms with van der Waals surface area (Å²) in [5, 5.41) is 3.92. The molecule has 1 fully saturated rings. The molecule has 1 aromatic heterocycles. The zero-order valence-electron chi connectivity index (χ0n) is 15.6. The quantitative estimate of drug-likeness (QED) is 0.636. The van der Waals surface area contributed by atoms with Crippen molar-refractivity contribution in [1.29, 1.82) is 0 Å². The van der Waals surface area contributed by atoms with Gasteiger partial charge in [0, 0.05) is 24.8 Å². The fraction of sp³-hybridized carbons (Fsp3) is 0.333. The summed E-state index contributed by atoms with van der Waals surface area (Å²) in [6.07, 6.45) is 2.47. The molecule has 1 N–H and O–H groups in total. The van der Waals surface area contributed by atoms with Gasteiger partial charge in [0.1, 0.15) is 10.8 Å². The van der Waals surface area contributed by atoms with Gasteiger partial charge in [0.05, 0.1) is 16.8 Å². The zero-order valence-corrected chi connectivity index (χ0v) is 16.4. The first kappa shape index (κ1) is 17.8. The molecule has 27 heavy (non-hydrogen) atoms. The first-order valence-electron chi connectivity index (χ1n) is 9.28. The van der Waals surface area contributed by atoms with E-state index in [1.165, 1.54) is 12.8 Å². The maximum absolute atomic E-state index is 12.2. The van der Waals surface area contributed by atoms with Crippen molar-refractivity contribution in [2.75, 3.05) is 25.5 Å². The van der Waals surface area contributed by atoms with Crippen molar-refractivity contribution >= 4 is 33.3 Å². The number of aromatic nitrogens is 1. The van der Waals surface area contributed by atoms with E-state index in [4.69, 9.17) is 9.72 Å². The summed E-state index contributed by atoms with van der Waals surface area (Å²) >= 11 is 1.64. The van der Waals surface area contributed by atoms with Crippen molar-refractivity contribution < 1.29 is 9.53 Å². The summed E-state index contributed by atoms with van der Waals surface area (Å²) in [5.41, 5.74) is 2.81. The largest absolute Gasteiger partial charge is 0.494 e. The monoisotopic (exact) mass is 381 g/mol. The summed E-state index contributed by atoms with van der Waals surface area (Å²) in [6.45, 7) is 3.46. The lowest BCUT2D eigenvalue weighted by molar-refractivity contribution is 0.220. The Labute approximate surface area is 163 Å². The number of urea groups is 1. The molecule has 0 bridgehead atoms. The average Bonchev–Trinajstić information content (AvgIpc) is 3.38. The van der Waals surface area contributed by atoms with Gasteiger partial charge in [-0.1, -0.05) is 0 Å². The second-order valence-corrected chi connectivity index (χ2v) is 7.94. The van der Waals surface area contributed by atoms with Crippen LogP contribution in [0.1, 0.15) is 19.8 Å². The van der Waals surface area contributed by atoms with Crippen LogP contribution in [0, 0.1) is 5.92 Å². The van der Waals surface area contributed by atoms with Crippen molar-refractivity contribution in [2.24, 2.45) is 5.92 Å². The Hall–Kier alpha value is -2.60. The van der Waals surface area contributed by atoms with E-state index in [1.54, 1.807) is 16.2 Å². The summed E-state index contributed by atoms with van der Waals surface area (Å²) < 4.78 is 6.67. The summed E-state index contributed by atoms with van der Waals surface area (Å²) in [6, 6.07) is 13.8. The van der Waals surface area contributed by atoms with Gasteiger partial charge in [-0.25, -0.2) is 9.78 Å². The molecule has 0 atom stereocenters. The van der Waals surface area contributed by atoms with E-state index in [9.17, 15) is 4.79 Å². The van der Waals surface area contributed by atoms with Gasteiger partial charge in [-0.05, 0) is 68.1 Å². The lowest BCUT2D eigenvalue weighted by atomic mass is 10.2. The highest BCUT2D eigenvalue weighted by molar-refractivity contribution is 7.21. The van der Waals surface area contributed by atoms with Crippen molar-refractivity contribution in [3.8, 4) is 16.3 Å². The van der Waals surface area contributed by atoms with Gasteiger partial charge < -0.3 is 15.0 Å². The number of nitrogens with one attached hydrogen (secondary N) is 1. The van der Waals surface area contributed by atoms with Crippen molar-refractivity contribution in [3.05, 3.63) is 42.5 Å². The molecule has 140 valence electrons. The maximum Gasteiger partial charge on any atom is 0.321 e. The number of rotatable bonds is 6. The van der Waals surface area contributed by atoms with Gasteiger partial charge in [0.25, 0.3) is 0 Å². The molecule has 4 rings (SSSR count). The van der Waals surface area contributed by atoms with E-state index >= 15 is 0 Å². The zero-order chi connectivity index (χ0) is 18.8. The number of hydrogen-bond acceptors (Lipinski definition) is 4. The third-order valence-corrected chi connectivity index (χ3v) is 5.70. The number of amides is 2. The Morgan fingerprint density at radius 1 is 1.26 bits per heavy atom. The molecular weight excluding hydrogens is 358 g/mol. The third-order valence-electron chi connectivity index (χ3n) is 4.63. The minimum absolute atomic E-state index is 0.0573. The van der Waals surface area contributed by atoms with Gasteiger partial charge in [0.15, 0.2) is 0 Å². The predicted octanol–water partition coefficient (Wildman–Crippen LogP) is 5.24. The summed E-state index contributed by atoms with van der Waals surface area (Å²) in [7, 11) is 1.85. The molecule has 2 aromatic carbocycles. The Balaban J connectivity index is 1.46. The molecule has 0 spiro atoms. The van der Waals surface area contributed by atoms with Crippen molar-refractivity contribution in [2.45, 2.75) is 19.8 Å². The molecule has 6 heteroatoms. The Morgan fingerprint density at radius 3 is 2.74 bits per heavy atom. The second-order valence-electron chi connectivity index (χ2n) is 6.91. The fourth-order valence-electron chi connectivity index (χ4n) is 2.97. The molecule has 3 aromatic rings. The molecule has 1 aliphatic rings. The highest BCUT2D eigenvalue weighted by Gasteiger charge is 2.24. The number of fused-ring (bicyclic) bond motifs is 1. The first-order chi connectivity index (χ1) is 13.1.